The highest BCUT2D eigenvalue weighted by Gasteiger charge is 2.22. The molecule has 18 heavy (non-hydrogen) atoms. The van der Waals surface area contributed by atoms with Crippen LogP contribution in [0.1, 0.15) is 24.0 Å². The predicted molar refractivity (Wildman–Crippen MR) is 74.8 cm³/mol. The summed E-state index contributed by atoms with van der Waals surface area (Å²) >= 11 is 0. The maximum absolute atomic E-state index is 12.0. The molecule has 1 aromatic rings. The van der Waals surface area contributed by atoms with Crippen molar-refractivity contribution in [3.8, 4) is 0 Å². The van der Waals surface area contributed by atoms with Crippen LogP contribution in [0.2, 0.25) is 0 Å². The zero-order valence-electron chi connectivity index (χ0n) is 11.5. The molecule has 1 atom stereocenters. The molecule has 0 radical (unpaired) electrons. The summed E-state index contributed by atoms with van der Waals surface area (Å²) in [5.74, 6) is 0.657. The molecule has 2 rings (SSSR count). The van der Waals surface area contributed by atoms with Gasteiger partial charge < -0.3 is 10.2 Å². The highest BCUT2D eigenvalue weighted by molar-refractivity contribution is 5.91. The van der Waals surface area contributed by atoms with E-state index in [2.05, 4.69) is 30.3 Å². The third-order valence-electron chi connectivity index (χ3n) is 3.84. The fraction of sp³-hybridized carbons (Fsp3) is 0.533. The van der Waals surface area contributed by atoms with Gasteiger partial charge in [-0.2, -0.15) is 0 Å². The Labute approximate surface area is 109 Å². The van der Waals surface area contributed by atoms with E-state index in [-0.39, 0.29) is 5.91 Å². The molecule has 98 valence electrons. The van der Waals surface area contributed by atoms with Gasteiger partial charge in [0.25, 0.3) is 0 Å². The first-order chi connectivity index (χ1) is 8.56. The summed E-state index contributed by atoms with van der Waals surface area (Å²) in [4.78, 5) is 14.3. The van der Waals surface area contributed by atoms with Gasteiger partial charge in [-0.25, -0.2) is 0 Å². The smallest absolute Gasteiger partial charge is 0.224 e. The van der Waals surface area contributed by atoms with E-state index >= 15 is 0 Å². The van der Waals surface area contributed by atoms with Gasteiger partial charge >= 0.3 is 0 Å². The van der Waals surface area contributed by atoms with Gasteiger partial charge in [0.15, 0.2) is 0 Å². The molecule has 1 aromatic carbocycles. The second kappa shape index (κ2) is 5.53. The minimum atomic E-state index is 0.143. The fourth-order valence-electron chi connectivity index (χ4n) is 2.54. The van der Waals surface area contributed by atoms with E-state index in [1.807, 2.05) is 19.1 Å². The number of carbonyl (C=O) groups is 1. The standard InChI is InChI=1S/C15H22N2O/c1-11-5-4-6-14(12(11)2)16-15(18)9-13-7-8-17(3)10-13/h4-6,13H,7-10H2,1-3H3,(H,16,18). The number of hydrogen-bond donors (Lipinski definition) is 1. The summed E-state index contributed by atoms with van der Waals surface area (Å²) in [7, 11) is 2.11. The number of amides is 1. The van der Waals surface area contributed by atoms with Gasteiger partial charge in [-0.1, -0.05) is 12.1 Å². The lowest BCUT2D eigenvalue weighted by molar-refractivity contribution is -0.117. The zero-order valence-corrected chi connectivity index (χ0v) is 11.5. The highest BCUT2D eigenvalue weighted by Crippen LogP contribution is 2.21. The van der Waals surface area contributed by atoms with Crippen LogP contribution in [-0.4, -0.2) is 30.9 Å². The first-order valence-corrected chi connectivity index (χ1v) is 6.61. The van der Waals surface area contributed by atoms with Crippen LogP contribution in [0.25, 0.3) is 0 Å². The van der Waals surface area contributed by atoms with Crippen LogP contribution in [0.5, 0.6) is 0 Å². The monoisotopic (exact) mass is 246 g/mol. The third kappa shape index (κ3) is 3.10. The first-order valence-electron chi connectivity index (χ1n) is 6.61. The Hall–Kier alpha value is -1.35. The molecular formula is C15H22N2O. The summed E-state index contributed by atoms with van der Waals surface area (Å²) in [5, 5.41) is 3.04. The number of nitrogens with one attached hydrogen (secondary N) is 1. The molecule has 0 spiro atoms. The van der Waals surface area contributed by atoms with E-state index in [1.54, 1.807) is 0 Å². The Morgan fingerprint density at radius 3 is 2.89 bits per heavy atom. The van der Waals surface area contributed by atoms with Crippen LogP contribution in [0.4, 0.5) is 5.69 Å². The van der Waals surface area contributed by atoms with Crippen molar-refractivity contribution in [2.45, 2.75) is 26.7 Å². The van der Waals surface area contributed by atoms with Gasteiger partial charge in [0.2, 0.25) is 5.91 Å². The van der Waals surface area contributed by atoms with Crippen molar-refractivity contribution in [3.63, 3.8) is 0 Å². The molecule has 1 amide bonds. The molecule has 1 fully saturated rings. The van der Waals surface area contributed by atoms with E-state index in [1.165, 1.54) is 5.56 Å². The van der Waals surface area contributed by atoms with Gasteiger partial charge in [0.05, 0.1) is 0 Å². The molecular weight excluding hydrogens is 224 g/mol. The number of aryl methyl sites for hydroxylation is 1. The van der Waals surface area contributed by atoms with Crippen LogP contribution in [-0.2, 0) is 4.79 Å². The average molecular weight is 246 g/mol. The molecule has 0 saturated carbocycles. The maximum atomic E-state index is 12.0. The van der Waals surface area contributed by atoms with Gasteiger partial charge in [-0.15, -0.1) is 0 Å². The van der Waals surface area contributed by atoms with Crippen LogP contribution in [0.3, 0.4) is 0 Å². The largest absolute Gasteiger partial charge is 0.326 e. The van der Waals surface area contributed by atoms with Gasteiger partial charge in [-0.3, -0.25) is 4.79 Å². The van der Waals surface area contributed by atoms with E-state index in [0.717, 1.165) is 30.8 Å². The molecule has 1 aliphatic heterocycles. The molecule has 1 saturated heterocycles. The van der Waals surface area contributed by atoms with Crippen LogP contribution in [0, 0.1) is 19.8 Å². The van der Waals surface area contributed by atoms with E-state index in [4.69, 9.17) is 0 Å². The van der Waals surface area contributed by atoms with Gasteiger partial charge in [0.1, 0.15) is 0 Å². The van der Waals surface area contributed by atoms with Crippen molar-refractivity contribution in [2.24, 2.45) is 5.92 Å². The van der Waals surface area contributed by atoms with E-state index in [9.17, 15) is 4.79 Å². The van der Waals surface area contributed by atoms with Crippen molar-refractivity contribution in [3.05, 3.63) is 29.3 Å². The Bertz CT molecular complexity index is 442. The summed E-state index contributed by atoms with van der Waals surface area (Å²) in [6, 6.07) is 6.03. The fourth-order valence-corrected chi connectivity index (χ4v) is 2.54. The number of nitrogens with zero attached hydrogens (tertiary/aromatic N) is 1. The number of likely N-dealkylation sites (tertiary alicyclic amines) is 1. The summed E-state index contributed by atoms with van der Waals surface area (Å²) < 4.78 is 0. The first kappa shape index (κ1) is 13.1. The summed E-state index contributed by atoms with van der Waals surface area (Å²) in [5.41, 5.74) is 3.33. The normalized spacial score (nSPS) is 20.1. The van der Waals surface area contributed by atoms with E-state index < -0.39 is 0 Å². The van der Waals surface area contributed by atoms with Gasteiger partial charge in [-0.05, 0) is 57.0 Å². The highest BCUT2D eigenvalue weighted by atomic mass is 16.1. The van der Waals surface area contributed by atoms with Crippen molar-refractivity contribution < 1.29 is 4.79 Å². The Morgan fingerprint density at radius 1 is 1.44 bits per heavy atom. The number of benzene rings is 1. The molecule has 1 N–H and O–H groups in total. The van der Waals surface area contributed by atoms with Crippen molar-refractivity contribution in [2.75, 3.05) is 25.5 Å². The molecule has 1 aliphatic rings. The quantitative estimate of drug-likeness (QED) is 0.889. The summed E-state index contributed by atoms with van der Waals surface area (Å²) in [6.07, 6.45) is 1.77. The molecule has 3 heteroatoms. The van der Waals surface area contributed by atoms with E-state index in [0.29, 0.717) is 12.3 Å². The third-order valence-corrected chi connectivity index (χ3v) is 3.84. The average Bonchev–Trinajstić information content (AvgIpc) is 2.70. The molecule has 1 heterocycles. The van der Waals surface area contributed by atoms with Crippen molar-refractivity contribution in [1.82, 2.24) is 4.90 Å². The van der Waals surface area contributed by atoms with Crippen LogP contribution in [0.15, 0.2) is 18.2 Å². The Morgan fingerprint density at radius 2 is 2.22 bits per heavy atom. The molecule has 0 aliphatic carbocycles. The van der Waals surface area contributed by atoms with Gasteiger partial charge in [0, 0.05) is 18.7 Å². The number of rotatable bonds is 3. The summed E-state index contributed by atoms with van der Waals surface area (Å²) in [6.45, 7) is 6.27. The lowest BCUT2D eigenvalue weighted by Gasteiger charge is -2.13. The topological polar surface area (TPSA) is 32.3 Å². The number of anilines is 1. The molecule has 0 aromatic heterocycles. The van der Waals surface area contributed by atoms with Crippen molar-refractivity contribution >= 4 is 11.6 Å². The number of hydrogen-bond acceptors (Lipinski definition) is 2. The maximum Gasteiger partial charge on any atom is 0.224 e. The minimum Gasteiger partial charge on any atom is -0.326 e. The number of carbonyl (C=O) groups excluding carboxylic acids is 1. The Balaban J connectivity index is 1.93. The second-order valence-corrected chi connectivity index (χ2v) is 5.42. The molecule has 0 bridgehead atoms. The Kier molecular flexibility index (Phi) is 4.02. The predicted octanol–water partition coefficient (Wildman–Crippen LogP) is 2.58. The zero-order chi connectivity index (χ0) is 13.1. The lowest BCUT2D eigenvalue weighted by atomic mass is 10.0. The van der Waals surface area contributed by atoms with Crippen LogP contribution >= 0.6 is 0 Å². The SMILES string of the molecule is Cc1cccc(NC(=O)CC2CCN(C)C2)c1C. The lowest BCUT2D eigenvalue weighted by Crippen LogP contribution is -2.19. The minimum absolute atomic E-state index is 0.143. The van der Waals surface area contributed by atoms with Crippen LogP contribution < -0.4 is 5.32 Å². The van der Waals surface area contributed by atoms with Crippen molar-refractivity contribution in [1.29, 1.82) is 0 Å². The molecule has 1 unspecified atom stereocenters. The molecule has 3 nitrogen and oxygen atoms in total. The second-order valence-electron chi connectivity index (χ2n) is 5.42.